The average molecular weight is 168 g/mol. The molecule has 2 fully saturated rings. The smallest absolute Gasteiger partial charge is 0.309 e. The van der Waals surface area contributed by atoms with Crippen LogP contribution in [0.4, 0.5) is 0 Å². The molecule has 0 radical (unpaired) electrons. The van der Waals surface area contributed by atoms with Crippen molar-refractivity contribution in [2.45, 2.75) is 26.7 Å². The minimum Gasteiger partial charge on any atom is -0.466 e. The van der Waals surface area contributed by atoms with Gasteiger partial charge in [0.15, 0.2) is 0 Å². The van der Waals surface area contributed by atoms with Crippen molar-refractivity contribution < 1.29 is 9.53 Å². The Balaban J connectivity index is 1.85. The maximum Gasteiger partial charge on any atom is 0.309 e. The van der Waals surface area contributed by atoms with Gasteiger partial charge in [-0.1, -0.05) is 6.92 Å². The summed E-state index contributed by atoms with van der Waals surface area (Å²) in [5.74, 6) is 2.53. The molecule has 0 aromatic heterocycles. The zero-order chi connectivity index (χ0) is 8.72. The molecule has 0 N–H and O–H groups in total. The Kier molecular flexibility index (Phi) is 1.85. The van der Waals surface area contributed by atoms with Crippen molar-refractivity contribution >= 4 is 5.97 Å². The monoisotopic (exact) mass is 168 g/mol. The number of hydrogen-bond acceptors (Lipinski definition) is 2. The third kappa shape index (κ3) is 1.13. The Labute approximate surface area is 73.3 Å². The molecule has 0 aromatic rings. The second-order valence-electron chi connectivity index (χ2n) is 4.18. The number of hydrogen-bond donors (Lipinski definition) is 0. The largest absolute Gasteiger partial charge is 0.466 e. The second-order valence-corrected chi connectivity index (χ2v) is 4.18. The minimum atomic E-state index is 0.0550. The molecule has 2 saturated carbocycles. The van der Waals surface area contributed by atoms with Crippen LogP contribution in [0.25, 0.3) is 0 Å². The average Bonchev–Trinajstić information content (AvgIpc) is 2.51. The van der Waals surface area contributed by atoms with Crippen molar-refractivity contribution in [3.63, 3.8) is 0 Å². The highest BCUT2D eigenvalue weighted by Crippen LogP contribution is 2.59. The molecule has 0 heterocycles. The van der Waals surface area contributed by atoms with Gasteiger partial charge in [0.2, 0.25) is 0 Å². The van der Waals surface area contributed by atoms with Crippen LogP contribution in [0.5, 0.6) is 0 Å². The number of carbonyl (C=O) groups excluding carboxylic acids is 1. The SMILES string of the molecule is CCOC(=O)C1[C@H]2CC(C)C[C@@H]12. The van der Waals surface area contributed by atoms with Crippen molar-refractivity contribution in [1.82, 2.24) is 0 Å². The molecular weight excluding hydrogens is 152 g/mol. The van der Waals surface area contributed by atoms with Crippen LogP contribution >= 0.6 is 0 Å². The number of rotatable bonds is 2. The molecule has 2 unspecified atom stereocenters. The fourth-order valence-electron chi connectivity index (χ4n) is 2.70. The Morgan fingerprint density at radius 2 is 2.00 bits per heavy atom. The molecule has 2 aliphatic rings. The Hall–Kier alpha value is -0.530. The van der Waals surface area contributed by atoms with E-state index in [0.29, 0.717) is 18.4 Å². The topological polar surface area (TPSA) is 26.3 Å². The molecular formula is C10H16O2. The standard InChI is InChI=1S/C10H16O2/c1-3-12-10(11)9-7-4-6(2)5-8(7)9/h6-9H,3-5H2,1-2H3/t6?,7-,8+,9?. The lowest BCUT2D eigenvalue weighted by Crippen LogP contribution is -2.11. The summed E-state index contributed by atoms with van der Waals surface area (Å²) in [7, 11) is 0. The molecule has 2 nitrogen and oxygen atoms in total. The Bertz CT molecular complexity index is 188. The number of carbonyl (C=O) groups is 1. The highest BCUT2D eigenvalue weighted by Gasteiger charge is 2.59. The maximum absolute atomic E-state index is 11.3. The van der Waals surface area contributed by atoms with Gasteiger partial charge < -0.3 is 4.74 Å². The first-order valence-corrected chi connectivity index (χ1v) is 4.90. The van der Waals surface area contributed by atoms with E-state index >= 15 is 0 Å². The number of ether oxygens (including phenoxy) is 1. The Morgan fingerprint density at radius 1 is 1.42 bits per heavy atom. The van der Waals surface area contributed by atoms with Gasteiger partial charge in [-0.05, 0) is 37.5 Å². The van der Waals surface area contributed by atoms with Gasteiger partial charge in [-0.2, -0.15) is 0 Å². The zero-order valence-electron chi connectivity index (χ0n) is 7.75. The first kappa shape index (κ1) is 8.09. The summed E-state index contributed by atoms with van der Waals surface area (Å²) < 4.78 is 5.00. The molecule has 2 aliphatic carbocycles. The van der Waals surface area contributed by atoms with Crippen LogP contribution in [-0.2, 0) is 9.53 Å². The van der Waals surface area contributed by atoms with Gasteiger partial charge >= 0.3 is 5.97 Å². The summed E-state index contributed by atoms with van der Waals surface area (Å²) in [6.07, 6.45) is 2.49. The number of fused-ring (bicyclic) bond motifs is 1. The van der Waals surface area contributed by atoms with E-state index in [2.05, 4.69) is 6.92 Å². The van der Waals surface area contributed by atoms with Crippen LogP contribution < -0.4 is 0 Å². The fraction of sp³-hybridized carbons (Fsp3) is 0.900. The molecule has 0 bridgehead atoms. The van der Waals surface area contributed by atoms with Crippen molar-refractivity contribution in [3.8, 4) is 0 Å². The molecule has 0 saturated heterocycles. The first-order chi connectivity index (χ1) is 5.74. The molecule has 12 heavy (non-hydrogen) atoms. The van der Waals surface area contributed by atoms with Gasteiger partial charge in [-0.15, -0.1) is 0 Å². The third-order valence-electron chi connectivity index (χ3n) is 3.24. The van der Waals surface area contributed by atoms with Gasteiger partial charge in [-0.25, -0.2) is 0 Å². The van der Waals surface area contributed by atoms with E-state index in [1.807, 2.05) is 6.92 Å². The van der Waals surface area contributed by atoms with Gasteiger partial charge in [0.25, 0.3) is 0 Å². The lowest BCUT2D eigenvalue weighted by Gasteiger charge is -2.07. The van der Waals surface area contributed by atoms with E-state index < -0.39 is 0 Å². The molecule has 4 atom stereocenters. The highest BCUT2D eigenvalue weighted by atomic mass is 16.5. The van der Waals surface area contributed by atoms with Gasteiger partial charge in [0.1, 0.15) is 0 Å². The summed E-state index contributed by atoms with van der Waals surface area (Å²) >= 11 is 0. The minimum absolute atomic E-state index is 0.0550. The van der Waals surface area contributed by atoms with Crippen LogP contribution in [0.3, 0.4) is 0 Å². The van der Waals surface area contributed by atoms with E-state index in [4.69, 9.17) is 4.74 Å². The normalized spacial score (nSPS) is 43.8. The molecule has 0 aromatic carbocycles. The summed E-state index contributed by atoms with van der Waals surface area (Å²) in [5.41, 5.74) is 0. The molecule has 0 spiro atoms. The summed E-state index contributed by atoms with van der Waals surface area (Å²) in [6, 6.07) is 0. The predicted molar refractivity (Wildman–Crippen MR) is 45.5 cm³/mol. The zero-order valence-corrected chi connectivity index (χ0v) is 7.75. The lowest BCUT2D eigenvalue weighted by atomic mass is 10.0. The lowest BCUT2D eigenvalue weighted by molar-refractivity contribution is -0.145. The van der Waals surface area contributed by atoms with E-state index in [1.54, 1.807) is 0 Å². The molecule has 68 valence electrons. The highest BCUT2D eigenvalue weighted by molar-refractivity contribution is 5.76. The quantitative estimate of drug-likeness (QED) is 0.588. The van der Waals surface area contributed by atoms with E-state index in [0.717, 1.165) is 5.92 Å². The van der Waals surface area contributed by atoms with Crippen molar-refractivity contribution in [2.24, 2.45) is 23.7 Å². The summed E-state index contributed by atoms with van der Waals surface area (Å²) in [5, 5.41) is 0. The van der Waals surface area contributed by atoms with Crippen molar-refractivity contribution in [2.75, 3.05) is 6.61 Å². The van der Waals surface area contributed by atoms with Crippen molar-refractivity contribution in [1.29, 1.82) is 0 Å². The van der Waals surface area contributed by atoms with Crippen LogP contribution in [0, 0.1) is 23.7 Å². The van der Waals surface area contributed by atoms with Crippen molar-refractivity contribution in [3.05, 3.63) is 0 Å². The fourth-order valence-corrected chi connectivity index (χ4v) is 2.70. The van der Waals surface area contributed by atoms with Gasteiger partial charge in [0.05, 0.1) is 12.5 Å². The Morgan fingerprint density at radius 3 is 2.50 bits per heavy atom. The molecule has 2 rings (SSSR count). The van der Waals surface area contributed by atoms with Crippen LogP contribution in [0.2, 0.25) is 0 Å². The van der Waals surface area contributed by atoms with Crippen LogP contribution in [-0.4, -0.2) is 12.6 Å². The third-order valence-corrected chi connectivity index (χ3v) is 3.24. The predicted octanol–water partition coefficient (Wildman–Crippen LogP) is 1.84. The second kappa shape index (κ2) is 2.75. The van der Waals surface area contributed by atoms with E-state index in [1.165, 1.54) is 12.8 Å². The molecule has 2 heteroatoms. The molecule has 0 amide bonds. The number of esters is 1. The molecule has 0 aliphatic heterocycles. The maximum atomic E-state index is 11.3. The van der Waals surface area contributed by atoms with Gasteiger partial charge in [-0.3, -0.25) is 4.79 Å². The summed E-state index contributed by atoms with van der Waals surface area (Å²) in [4.78, 5) is 11.3. The van der Waals surface area contributed by atoms with E-state index in [-0.39, 0.29) is 11.9 Å². The van der Waals surface area contributed by atoms with E-state index in [9.17, 15) is 4.79 Å². The van der Waals surface area contributed by atoms with Gasteiger partial charge in [0, 0.05) is 0 Å². The van der Waals surface area contributed by atoms with Crippen LogP contribution in [0.15, 0.2) is 0 Å². The first-order valence-electron chi connectivity index (χ1n) is 4.90. The summed E-state index contributed by atoms with van der Waals surface area (Å²) in [6.45, 7) is 4.68. The van der Waals surface area contributed by atoms with Crippen LogP contribution in [0.1, 0.15) is 26.7 Å².